The van der Waals surface area contributed by atoms with E-state index in [1.54, 1.807) is 20.8 Å². The molecule has 6 nitrogen and oxygen atoms in total. The summed E-state index contributed by atoms with van der Waals surface area (Å²) in [5.41, 5.74) is 1.43. The fraction of sp³-hybridized carbons (Fsp3) is 0.444. The number of imide groups is 1. The number of amides is 2. The van der Waals surface area contributed by atoms with Crippen LogP contribution in [0.4, 0.5) is 4.79 Å². The molecule has 3 atom stereocenters. The molecule has 0 saturated carbocycles. The van der Waals surface area contributed by atoms with Crippen LogP contribution in [0.3, 0.4) is 0 Å². The van der Waals surface area contributed by atoms with Crippen LogP contribution >= 0.6 is 0 Å². The topological polar surface area (TPSA) is 72.9 Å². The van der Waals surface area contributed by atoms with Crippen molar-refractivity contribution in [3.05, 3.63) is 71.8 Å². The van der Waals surface area contributed by atoms with Crippen molar-refractivity contribution in [3.8, 4) is 0 Å². The fourth-order valence-corrected chi connectivity index (χ4v) is 4.16. The number of rotatable bonds is 8. The highest BCUT2D eigenvalue weighted by atomic mass is 16.6. The zero-order chi connectivity index (χ0) is 24.0. The van der Waals surface area contributed by atoms with Crippen molar-refractivity contribution in [1.29, 1.82) is 0 Å². The molecule has 0 aliphatic carbocycles. The molecule has 6 heteroatoms. The maximum absolute atomic E-state index is 13.6. The van der Waals surface area contributed by atoms with Gasteiger partial charge >= 0.3 is 12.1 Å². The summed E-state index contributed by atoms with van der Waals surface area (Å²) in [4.78, 5) is 40.1. The molecule has 2 amide bonds. The van der Waals surface area contributed by atoms with Gasteiger partial charge in [0.2, 0.25) is 5.91 Å². The minimum atomic E-state index is -0.695. The molecule has 1 saturated heterocycles. The summed E-state index contributed by atoms with van der Waals surface area (Å²) < 4.78 is 10.7. The van der Waals surface area contributed by atoms with Gasteiger partial charge in [0.15, 0.2) is 0 Å². The number of hydrogen-bond donors (Lipinski definition) is 0. The van der Waals surface area contributed by atoms with Crippen molar-refractivity contribution in [2.75, 3.05) is 6.61 Å². The summed E-state index contributed by atoms with van der Waals surface area (Å²) in [7, 11) is 0. The lowest BCUT2D eigenvalue weighted by molar-refractivity contribution is -0.158. The maximum Gasteiger partial charge on any atom is 0.416 e. The Hall–Kier alpha value is -3.15. The van der Waals surface area contributed by atoms with E-state index >= 15 is 0 Å². The zero-order valence-corrected chi connectivity index (χ0v) is 19.8. The third kappa shape index (κ3) is 6.91. The average molecular weight is 452 g/mol. The van der Waals surface area contributed by atoms with E-state index in [-0.39, 0.29) is 24.9 Å². The van der Waals surface area contributed by atoms with E-state index in [1.807, 2.05) is 67.6 Å². The molecular weight excluding hydrogens is 418 g/mol. The van der Waals surface area contributed by atoms with Crippen LogP contribution in [0, 0.1) is 5.92 Å². The first kappa shape index (κ1) is 24.5. The first-order valence-corrected chi connectivity index (χ1v) is 11.4. The van der Waals surface area contributed by atoms with Crippen LogP contribution in [0.5, 0.6) is 0 Å². The van der Waals surface area contributed by atoms with Gasteiger partial charge in [0.1, 0.15) is 12.2 Å². The summed E-state index contributed by atoms with van der Waals surface area (Å²) in [5, 5.41) is 0. The van der Waals surface area contributed by atoms with Crippen LogP contribution in [-0.2, 0) is 25.5 Å². The summed E-state index contributed by atoms with van der Waals surface area (Å²) in [6.45, 7) is 7.55. The Labute approximate surface area is 195 Å². The zero-order valence-electron chi connectivity index (χ0n) is 19.8. The fourth-order valence-electron chi connectivity index (χ4n) is 4.16. The molecule has 1 fully saturated rings. The second-order valence-electron chi connectivity index (χ2n) is 9.66. The van der Waals surface area contributed by atoms with Gasteiger partial charge in [-0.2, -0.15) is 0 Å². The normalized spacial score (nSPS) is 17.9. The van der Waals surface area contributed by atoms with Crippen LogP contribution in [0.25, 0.3) is 0 Å². The van der Waals surface area contributed by atoms with Gasteiger partial charge in [0.25, 0.3) is 0 Å². The lowest BCUT2D eigenvalue weighted by Crippen LogP contribution is -2.44. The van der Waals surface area contributed by atoms with E-state index in [0.717, 1.165) is 11.1 Å². The first-order valence-electron chi connectivity index (χ1n) is 11.4. The van der Waals surface area contributed by atoms with Crippen molar-refractivity contribution in [2.45, 2.75) is 64.5 Å². The van der Waals surface area contributed by atoms with Crippen LogP contribution in [0.2, 0.25) is 0 Å². The highest BCUT2D eigenvalue weighted by Gasteiger charge is 2.42. The number of hydrogen-bond acceptors (Lipinski definition) is 5. The van der Waals surface area contributed by atoms with E-state index in [9.17, 15) is 14.4 Å². The van der Waals surface area contributed by atoms with Crippen LogP contribution in [0.1, 0.15) is 57.6 Å². The van der Waals surface area contributed by atoms with Crippen molar-refractivity contribution < 1.29 is 23.9 Å². The lowest BCUT2D eigenvalue weighted by Gasteiger charge is -2.27. The first-order chi connectivity index (χ1) is 15.6. The van der Waals surface area contributed by atoms with Gasteiger partial charge in [-0.3, -0.25) is 9.59 Å². The van der Waals surface area contributed by atoms with E-state index in [0.29, 0.717) is 12.8 Å². The number of esters is 1. The number of carbonyl (C=O) groups is 3. The van der Waals surface area contributed by atoms with Crippen LogP contribution in [0.15, 0.2) is 60.7 Å². The largest absolute Gasteiger partial charge is 0.460 e. The highest BCUT2D eigenvalue weighted by Crippen LogP contribution is 2.30. The number of cyclic esters (lactones) is 1. The standard InChI is InChI=1S/C27H33NO5/c1-19(21-13-9-6-10-14-21)15-22(17-24(29)33-27(2,3)4)25(30)28-23(18-32-26(28)31)16-20-11-7-5-8-12-20/h5-14,19,22-23H,15-18H2,1-4H3. The predicted molar refractivity (Wildman–Crippen MR) is 126 cm³/mol. The van der Waals surface area contributed by atoms with E-state index in [4.69, 9.17) is 9.47 Å². The average Bonchev–Trinajstić information content (AvgIpc) is 3.12. The maximum atomic E-state index is 13.6. The molecule has 176 valence electrons. The highest BCUT2D eigenvalue weighted by molar-refractivity contribution is 5.96. The number of benzene rings is 2. The molecule has 0 aromatic heterocycles. The van der Waals surface area contributed by atoms with Crippen LogP contribution < -0.4 is 0 Å². The lowest BCUT2D eigenvalue weighted by atomic mass is 9.87. The molecule has 0 spiro atoms. The Morgan fingerprint density at radius 1 is 1.06 bits per heavy atom. The SMILES string of the molecule is CC(CC(CC(=O)OC(C)(C)C)C(=O)N1C(=O)OCC1Cc1ccccc1)c1ccccc1. The number of nitrogens with zero attached hydrogens (tertiary/aromatic N) is 1. The van der Waals surface area contributed by atoms with Gasteiger partial charge in [0.05, 0.1) is 12.5 Å². The monoisotopic (exact) mass is 451 g/mol. The minimum absolute atomic E-state index is 0.0220. The van der Waals surface area contributed by atoms with E-state index < -0.39 is 29.6 Å². The summed E-state index contributed by atoms with van der Waals surface area (Å²) >= 11 is 0. The van der Waals surface area contributed by atoms with Gasteiger partial charge in [-0.05, 0) is 50.7 Å². The summed E-state index contributed by atoms with van der Waals surface area (Å²) in [6.07, 6.45) is 0.188. The van der Waals surface area contributed by atoms with Gasteiger partial charge in [-0.1, -0.05) is 67.6 Å². The molecule has 3 unspecified atom stereocenters. The Bertz CT molecular complexity index is 951. The van der Waals surface area contributed by atoms with Crippen molar-refractivity contribution in [2.24, 2.45) is 5.92 Å². The quantitative estimate of drug-likeness (QED) is 0.521. The van der Waals surface area contributed by atoms with Gasteiger partial charge in [0, 0.05) is 5.92 Å². The second-order valence-corrected chi connectivity index (χ2v) is 9.66. The third-order valence-corrected chi connectivity index (χ3v) is 5.70. The second kappa shape index (κ2) is 10.6. The minimum Gasteiger partial charge on any atom is -0.460 e. The predicted octanol–water partition coefficient (Wildman–Crippen LogP) is 5.12. The molecule has 0 radical (unpaired) electrons. The van der Waals surface area contributed by atoms with Crippen LogP contribution in [-0.4, -0.2) is 41.1 Å². The molecular formula is C27H33NO5. The van der Waals surface area contributed by atoms with Crippen molar-refractivity contribution >= 4 is 18.0 Å². The van der Waals surface area contributed by atoms with Gasteiger partial charge in [-0.15, -0.1) is 0 Å². The van der Waals surface area contributed by atoms with E-state index in [1.165, 1.54) is 4.90 Å². The summed E-state index contributed by atoms with van der Waals surface area (Å²) in [5.74, 6) is -1.51. The molecule has 2 aromatic rings. The van der Waals surface area contributed by atoms with Crippen molar-refractivity contribution in [3.63, 3.8) is 0 Å². The molecule has 1 aliphatic rings. The van der Waals surface area contributed by atoms with E-state index in [2.05, 4.69) is 0 Å². The Morgan fingerprint density at radius 3 is 2.27 bits per heavy atom. The molecule has 0 bridgehead atoms. The molecule has 2 aromatic carbocycles. The molecule has 1 heterocycles. The molecule has 1 aliphatic heterocycles. The Kier molecular flexibility index (Phi) is 7.90. The number of ether oxygens (including phenoxy) is 2. The molecule has 3 rings (SSSR count). The Balaban J connectivity index is 1.81. The van der Waals surface area contributed by atoms with Gasteiger partial charge < -0.3 is 9.47 Å². The number of carbonyl (C=O) groups excluding carboxylic acids is 3. The van der Waals surface area contributed by atoms with Crippen molar-refractivity contribution in [1.82, 2.24) is 4.90 Å². The smallest absolute Gasteiger partial charge is 0.416 e. The molecule has 0 N–H and O–H groups in total. The summed E-state index contributed by atoms with van der Waals surface area (Å²) in [6, 6.07) is 19.1. The molecule has 33 heavy (non-hydrogen) atoms. The Morgan fingerprint density at radius 2 is 1.67 bits per heavy atom. The van der Waals surface area contributed by atoms with Gasteiger partial charge in [-0.25, -0.2) is 9.69 Å². The third-order valence-electron chi connectivity index (χ3n) is 5.70.